The van der Waals surface area contributed by atoms with E-state index in [0.717, 1.165) is 34.3 Å². The van der Waals surface area contributed by atoms with Crippen LogP contribution in [0.15, 0.2) is 122 Å². The number of methoxy groups -OCH3 is 1. The average Bonchev–Trinajstić information content (AvgIpc) is 3.62. The Labute approximate surface area is 237 Å². The summed E-state index contributed by atoms with van der Waals surface area (Å²) in [6.07, 6.45) is 3.80. The number of hydrogen-bond acceptors (Lipinski definition) is 5. The number of esters is 1. The van der Waals surface area contributed by atoms with Gasteiger partial charge in [-0.2, -0.15) is 0 Å². The monoisotopic (exact) mass is 546 g/mol. The van der Waals surface area contributed by atoms with Crippen LogP contribution in [-0.4, -0.2) is 27.7 Å². The second kappa shape index (κ2) is 11.0. The minimum Gasteiger partial charge on any atom is -0.465 e. The Morgan fingerprint density at radius 1 is 0.825 bits per heavy atom. The van der Waals surface area contributed by atoms with Crippen LogP contribution in [-0.2, 0) is 4.74 Å². The highest BCUT2D eigenvalue weighted by molar-refractivity contribution is 7.80. The SMILES string of the molecule is COC(=O)c1ccc(-n2cccc2[C@H]2[C@H](c3ccccn3)NC(=S)N2c2ccc(Oc3ccccc3)cc2)cc1. The maximum absolute atomic E-state index is 12.0. The zero-order valence-electron chi connectivity index (χ0n) is 21.7. The molecule has 0 aliphatic carbocycles. The van der Waals surface area contributed by atoms with Crippen LogP contribution in [0.25, 0.3) is 5.69 Å². The summed E-state index contributed by atoms with van der Waals surface area (Å²) in [4.78, 5) is 18.8. The van der Waals surface area contributed by atoms with Gasteiger partial charge in [0.25, 0.3) is 0 Å². The molecule has 3 aromatic carbocycles. The van der Waals surface area contributed by atoms with E-state index in [0.29, 0.717) is 10.7 Å². The quantitative estimate of drug-likeness (QED) is 0.182. The Balaban J connectivity index is 1.38. The molecule has 5 aromatic rings. The summed E-state index contributed by atoms with van der Waals surface area (Å²) in [5.41, 5.74) is 4.23. The minimum atomic E-state index is -0.370. The van der Waals surface area contributed by atoms with Crippen molar-refractivity contribution in [1.29, 1.82) is 0 Å². The first-order chi connectivity index (χ1) is 19.6. The number of anilines is 1. The molecular formula is C32H26N4O3S. The van der Waals surface area contributed by atoms with Crippen LogP contribution >= 0.6 is 12.2 Å². The zero-order valence-corrected chi connectivity index (χ0v) is 22.5. The Bertz CT molecular complexity index is 1620. The first-order valence-electron chi connectivity index (χ1n) is 12.8. The van der Waals surface area contributed by atoms with Gasteiger partial charge in [-0.15, -0.1) is 0 Å². The number of carbonyl (C=O) groups excluding carboxylic acids is 1. The number of para-hydroxylation sites is 1. The number of thiocarbonyl (C=S) groups is 1. The number of hydrogen-bond donors (Lipinski definition) is 1. The molecule has 0 bridgehead atoms. The van der Waals surface area contributed by atoms with Crippen molar-refractivity contribution in [3.8, 4) is 17.2 Å². The number of rotatable bonds is 7. The molecule has 2 atom stereocenters. The van der Waals surface area contributed by atoms with E-state index in [-0.39, 0.29) is 18.1 Å². The number of nitrogens with zero attached hydrogens (tertiary/aromatic N) is 3. The van der Waals surface area contributed by atoms with Crippen LogP contribution in [0.2, 0.25) is 0 Å². The van der Waals surface area contributed by atoms with Gasteiger partial charge >= 0.3 is 5.97 Å². The minimum absolute atomic E-state index is 0.197. The maximum atomic E-state index is 12.0. The van der Waals surface area contributed by atoms with E-state index < -0.39 is 0 Å². The van der Waals surface area contributed by atoms with E-state index in [9.17, 15) is 4.79 Å². The molecule has 3 heterocycles. The molecule has 40 heavy (non-hydrogen) atoms. The molecule has 8 heteroatoms. The van der Waals surface area contributed by atoms with Crippen molar-refractivity contribution in [3.05, 3.63) is 139 Å². The van der Waals surface area contributed by atoms with Crippen molar-refractivity contribution in [2.75, 3.05) is 12.0 Å². The van der Waals surface area contributed by atoms with E-state index in [4.69, 9.17) is 21.7 Å². The fourth-order valence-corrected chi connectivity index (χ4v) is 5.32. The lowest BCUT2D eigenvalue weighted by Gasteiger charge is -2.29. The van der Waals surface area contributed by atoms with Crippen molar-refractivity contribution >= 4 is 29.0 Å². The second-order valence-electron chi connectivity index (χ2n) is 9.25. The standard InChI is InChI=1S/C32H26N4O3S/c1-38-31(37)22-12-14-23(15-13-22)35-21-7-11-28(35)30-29(27-10-5-6-20-33-27)34-32(40)36(30)24-16-18-26(19-17-24)39-25-8-3-2-4-9-25/h2-21,29-30H,1H3,(H,34,40)/t29-,30-/m0/s1. The molecule has 0 saturated carbocycles. The Morgan fingerprint density at radius 3 is 2.23 bits per heavy atom. The highest BCUT2D eigenvalue weighted by Crippen LogP contribution is 2.42. The maximum Gasteiger partial charge on any atom is 0.337 e. The van der Waals surface area contributed by atoms with E-state index in [1.165, 1.54) is 7.11 Å². The van der Waals surface area contributed by atoms with Crippen LogP contribution in [0.3, 0.4) is 0 Å². The number of ether oxygens (including phenoxy) is 2. The fraction of sp³-hybridized carbons (Fsp3) is 0.0938. The highest BCUT2D eigenvalue weighted by Gasteiger charge is 2.42. The van der Waals surface area contributed by atoms with Gasteiger partial charge in [0.1, 0.15) is 17.5 Å². The molecule has 1 aliphatic rings. The van der Waals surface area contributed by atoms with E-state index in [2.05, 4.69) is 25.8 Å². The van der Waals surface area contributed by atoms with Crippen LogP contribution in [0.4, 0.5) is 5.69 Å². The lowest BCUT2D eigenvalue weighted by atomic mass is 10.0. The van der Waals surface area contributed by atoms with Crippen LogP contribution < -0.4 is 15.0 Å². The molecule has 0 spiro atoms. The van der Waals surface area contributed by atoms with E-state index in [1.807, 2.05) is 97.2 Å². The zero-order chi connectivity index (χ0) is 27.5. The summed E-state index contributed by atoms with van der Waals surface area (Å²) >= 11 is 5.90. The van der Waals surface area contributed by atoms with Crippen LogP contribution in [0.5, 0.6) is 11.5 Å². The summed E-state index contributed by atoms with van der Waals surface area (Å²) < 4.78 is 13.0. The third kappa shape index (κ3) is 4.92. The van der Waals surface area contributed by atoms with Gasteiger partial charge in [-0.3, -0.25) is 4.98 Å². The molecule has 0 radical (unpaired) electrons. The van der Waals surface area contributed by atoms with E-state index in [1.54, 1.807) is 18.3 Å². The van der Waals surface area contributed by atoms with Gasteiger partial charge in [0.05, 0.1) is 24.4 Å². The summed E-state index contributed by atoms with van der Waals surface area (Å²) in [6.45, 7) is 0. The molecule has 0 unspecified atom stereocenters. The average molecular weight is 547 g/mol. The number of benzene rings is 3. The first kappa shape index (κ1) is 25.3. The van der Waals surface area contributed by atoms with E-state index >= 15 is 0 Å². The molecule has 1 aliphatic heterocycles. The Kier molecular flexibility index (Phi) is 6.99. The van der Waals surface area contributed by atoms with Gasteiger partial charge < -0.3 is 24.3 Å². The summed E-state index contributed by atoms with van der Waals surface area (Å²) in [7, 11) is 1.38. The normalized spacial score (nSPS) is 16.4. The Morgan fingerprint density at radius 2 is 1.52 bits per heavy atom. The van der Waals surface area contributed by atoms with Gasteiger partial charge in [-0.25, -0.2) is 4.79 Å². The lowest BCUT2D eigenvalue weighted by molar-refractivity contribution is 0.0600. The number of carbonyl (C=O) groups is 1. The smallest absolute Gasteiger partial charge is 0.337 e. The molecule has 6 rings (SSSR count). The third-order valence-electron chi connectivity index (χ3n) is 6.84. The van der Waals surface area contributed by atoms with Crippen molar-refractivity contribution in [3.63, 3.8) is 0 Å². The van der Waals surface area contributed by atoms with Gasteiger partial charge in [-0.1, -0.05) is 24.3 Å². The topological polar surface area (TPSA) is 68.6 Å². The molecule has 1 fully saturated rings. The van der Waals surface area contributed by atoms with Crippen molar-refractivity contribution in [1.82, 2.24) is 14.9 Å². The summed E-state index contributed by atoms with van der Waals surface area (Å²) in [5.74, 6) is 1.14. The van der Waals surface area contributed by atoms with Crippen molar-refractivity contribution in [2.45, 2.75) is 12.1 Å². The molecule has 1 N–H and O–H groups in total. The predicted molar refractivity (Wildman–Crippen MR) is 158 cm³/mol. The largest absolute Gasteiger partial charge is 0.465 e. The predicted octanol–water partition coefficient (Wildman–Crippen LogP) is 6.63. The lowest BCUT2D eigenvalue weighted by Crippen LogP contribution is -2.30. The number of pyridine rings is 1. The van der Waals surface area contributed by atoms with Crippen molar-refractivity contribution in [2.24, 2.45) is 0 Å². The summed E-state index contributed by atoms with van der Waals surface area (Å²) in [6, 6.07) is 34.5. The fourth-order valence-electron chi connectivity index (χ4n) is 4.98. The molecule has 7 nitrogen and oxygen atoms in total. The molecule has 0 amide bonds. The second-order valence-corrected chi connectivity index (χ2v) is 9.63. The highest BCUT2D eigenvalue weighted by atomic mass is 32.1. The van der Waals surface area contributed by atoms with Gasteiger partial charge in [0.2, 0.25) is 0 Å². The van der Waals surface area contributed by atoms with Gasteiger partial charge in [0.15, 0.2) is 5.11 Å². The van der Waals surface area contributed by atoms with Gasteiger partial charge in [-0.05, 0) is 97.1 Å². The number of aromatic nitrogens is 2. The van der Waals surface area contributed by atoms with Crippen LogP contribution in [0, 0.1) is 0 Å². The third-order valence-corrected chi connectivity index (χ3v) is 7.16. The van der Waals surface area contributed by atoms with Crippen molar-refractivity contribution < 1.29 is 14.3 Å². The first-order valence-corrected chi connectivity index (χ1v) is 13.2. The summed E-state index contributed by atoms with van der Waals surface area (Å²) in [5, 5.41) is 4.11. The number of nitrogens with one attached hydrogen (secondary N) is 1. The molecule has 2 aromatic heterocycles. The van der Waals surface area contributed by atoms with Gasteiger partial charge in [0, 0.05) is 29.5 Å². The molecule has 1 saturated heterocycles. The van der Waals surface area contributed by atoms with Crippen LogP contribution in [0.1, 0.15) is 33.8 Å². The molecular weight excluding hydrogens is 520 g/mol. The molecule has 198 valence electrons. The Hall–Kier alpha value is -4.95.